The molecule has 0 unspecified atom stereocenters. The molecular formula is C19H26N6O2. The van der Waals surface area contributed by atoms with Crippen LogP contribution < -0.4 is 15.5 Å². The van der Waals surface area contributed by atoms with E-state index in [0.717, 1.165) is 44.2 Å². The van der Waals surface area contributed by atoms with Gasteiger partial charge in [0.15, 0.2) is 0 Å². The fourth-order valence-corrected chi connectivity index (χ4v) is 2.74. The van der Waals surface area contributed by atoms with Crippen LogP contribution >= 0.6 is 0 Å². The second-order valence-electron chi connectivity index (χ2n) is 6.56. The molecule has 27 heavy (non-hydrogen) atoms. The van der Waals surface area contributed by atoms with Crippen molar-refractivity contribution in [3.8, 4) is 0 Å². The number of nitrogens with zero attached hydrogens (tertiary/aromatic N) is 4. The number of rotatable bonds is 7. The van der Waals surface area contributed by atoms with E-state index >= 15 is 0 Å². The van der Waals surface area contributed by atoms with Crippen LogP contribution in [0.4, 0.5) is 17.2 Å². The highest BCUT2D eigenvalue weighted by Crippen LogP contribution is 2.18. The molecule has 1 saturated heterocycles. The molecule has 2 N–H and O–H groups in total. The zero-order valence-corrected chi connectivity index (χ0v) is 15.8. The minimum Gasteiger partial charge on any atom is -0.379 e. The second-order valence-corrected chi connectivity index (χ2v) is 6.56. The predicted octanol–water partition coefficient (Wildman–Crippen LogP) is 1.35. The first-order chi connectivity index (χ1) is 13.1. The molecule has 8 heteroatoms. The van der Waals surface area contributed by atoms with Gasteiger partial charge in [0.1, 0.15) is 11.5 Å². The number of carbonyl (C=O) groups is 1. The van der Waals surface area contributed by atoms with Gasteiger partial charge in [0.2, 0.25) is 0 Å². The average Bonchev–Trinajstić information content (AvgIpc) is 2.70. The number of ether oxygens (including phenoxy) is 1. The Hall–Kier alpha value is -2.71. The van der Waals surface area contributed by atoms with Crippen LogP contribution in [-0.2, 0) is 4.74 Å². The second kappa shape index (κ2) is 9.29. The lowest BCUT2D eigenvalue weighted by Crippen LogP contribution is -2.41. The van der Waals surface area contributed by atoms with Gasteiger partial charge in [-0.3, -0.25) is 9.69 Å². The summed E-state index contributed by atoms with van der Waals surface area (Å²) in [5.74, 6) is 0.384. The van der Waals surface area contributed by atoms with Crippen LogP contribution in [-0.4, -0.2) is 74.3 Å². The van der Waals surface area contributed by atoms with Gasteiger partial charge >= 0.3 is 0 Å². The number of hydrogen-bond donors (Lipinski definition) is 2. The summed E-state index contributed by atoms with van der Waals surface area (Å²) in [6.45, 7) is 4.72. The van der Waals surface area contributed by atoms with E-state index < -0.39 is 0 Å². The third kappa shape index (κ3) is 5.63. The molecule has 0 atom stereocenters. The van der Waals surface area contributed by atoms with Gasteiger partial charge in [0, 0.05) is 51.6 Å². The van der Waals surface area contributed by atoms with Gasteiger partial charge < -0.3 is 20.3 Å². The summed E-state index contributed by atoms with van der Waals surface area (Å²) in [6.07, 6.45) is 3.05. The summed E-state index contributed by atoms with van der Waals surface area (Å²) >= 11 is 0. The number of anilines is 3. The van der Waals surface area contributed by atoms with Crippen molar-refractivity contribution in [2.45, 2.75) is 0 Å². The monoisotopic (exact) mass is 370 g/mol. The number of hydrogen-bond acceptors (Lipinski definition) is 7. The van der Waals surface area contributed by atoms with Crippen molar-refractivity contribution in [3.05, 3.63) is 42.4 Å². The molecule has 0 radical (unpaired) electrons. The maximum atomic E-state index is 12.2. The Morgan fingerprint density at radius 3 is 2.52 bits per heavy atom. The molecule has 1 amide bonds. The molecule has 8 nitrogen and oxygen atoms in total. The number of benzene rings is 1. The quantitative estimate of drug-likeness (QED) is 0.761. The third-order valence-electron chi connectivity index (χ3n) is 4.36. The van der Waals surface area contributed by atoms with E-state index in [2.05, 4.69) is 25.5 Å². The van der Waals surface area contributed by atoms with Crippen LogP contribution in [0, 0.1) is 0 Å². The molecule has 1 aromatic carbocycles. The van der Waals surface area contributed by atoms with E-state index in [0.29, 0.717) is 18.1 Å². The third-order valence-corrected chi connectivity index (χ3v) is 4.36. The maximum Gasteiger partial charge on any atom is 0.271 e. The van der Waals surface area contributed by atoms with Crippen LogP contribution in [0.15, 0.2) is 36.7 Å². The van der Waals surface area contributed by atoms with Crippen molar-refractivity contribution >= 4 is 23.1 Å². The summed E-state index contributed by atoms with van der Waals surface area (Å²) in [5.41, 5.74) is 2.35. The molecule has 1 aliphatic heterocycles. The van der Waals surface area contributed by atoms with Gasteiger partial charge in [-0.05, 0) is 24.3 Å². The van der Waals surface area contributed by atoms with Crippen molar-refractivity contribution in [1.82, 2.24) is 20.2 Å². The van der Waals surface area contributed by atoms with Crippen molar-refractivity contribution in [3.63, 3.8) is 0 Å². The molecule has 3 rings (SSSR count). The van der Waals surface area contributed by atoms with Crippen molar-refractivity contribution in [2.75, 3.05) is 63.7 Å². The molecule has 0 bridgehead atoms. The Morgan fingerprint density at radius 1 is 1.15 bits per heavy atom. The summed E-state index contributed by atoms with van der Waals surface area (Å²) in [4.78, 5) is 25.0. The first-order valence-corrected chi connectivity index (χ1v) is 9.06. The first-order valence-electron chi connectivity index (χ1n) is 9.06. The van der Waals surface area contributed by atoms with Crippen molar-refractivity contribution < 1.29 is 9.53 Å². The number of amides is 1. The molecule has 1 aliphatic rings. The summed E-state index contributed by atoms with van der Waals surface area (Å²) in [6, 6.07) is 7.99. The molecule has 0 aliphatic carbocycles. The Labute approximate surface area is 159 Å². The van der Waals surface area contributed by atoms with Crippen LogP contribution in [0.3, 0.4) is 0 Å². The zero-order valence-electron chi connectivity index (χ0n) is 15.8. The minimum absolute atomic E-state index is 0.211. The lowest BCUT2D eigenvalue weighted by atomic mass is 10.2. The standard InChI is InChI=1S/C19H26N6O2/c1-24(2)16-5-3-15(4-6-16)23-18-14-21-17(13-22-18)19(26)20-7-8-25-9-11-27-12-10-25/h3-6,13-14H,7-12H2,1-2H3,(H,20,26)(H,22,23). The first kappa shape index (κ1) is 19.1. The Bertz CT molecular complexity index is 727. The molecule has 2 heterocycles. The van der Waals surface area contributed by atoms with E-state index in [1.54, 1.807) is 6.20 Å². The molecular weight excluding hydrogens is 344 g/mol. The number of aromatic nitrogens is 2. The van der Waals surface area contributed by atoms with Gasteiger partial charge in [-0.15, -0.1) is 0 Å². The van der Waals surface area contributed by atoms with Gasteiger partial charge in [-0.1, -0.05) is 0 Å². The summed E-state index contributed by atoms with van der Waals surface area (Å²) < 4.78 is 5.31. The van der Waals surface area contributed by atoms with Crippen molar-refractivity contribution in [2.24, 2.45) is 0 Å². The Kier molecular flexibility index (Phi) is 6.56. The van der Waals surface area contributed by atoms with Gasteiger partial charge in [-0.25, -0.2) is 9.97 Å². The Morgan fingerprint density at radius 2 is 1.89 bits per heavy atom. The topological polar surface area (TPSA) is 82.6 Å². The molecule has 0 spiro atoms. The highest BCUT2D eigenvalue weighted by Gasteiger charge is 2.12. The molecule has 144 valence electrons. The lowest BCUT2D eigenvalue weighted by molar-refractivity contribution is 0.0383. The number of nitrogens with one attached hydrogen (secondary N) is 2. The number of morpholine rings is 1. The van der Waals surface area contributed by atoms with Crippen LogP contribution in [0.5, 0.6) is 0 Å². The largest absolute Gasteiger partial charge is 0.379 e. The van der Waals surface area contributed by atoms with Gasteiger partial charge in [0.05, 0.1) is 25.6 Å². The van der Waals surface area contributed by atoms with Gasteiger partial charge in [0.25, 0.3) is 5.91 Å². The molecule has 1 fully saturated rings. The van der Waals surface area contributed by atoms with Crippen LogP contribution in [0.1, 0.15) is 10.5 Å². The Balaban J connectivity index is 1.48. The molecule has 2 aromatic rings. The van der Waals surface area contributed by atoms with E-state index in [-0.39, 0.29) is 5.91 Å². The van der Waals surface area contributed by atoms with E-state index in [1.807, 2.05) is 43.3 Å². The smallest absolute Gasteiger partial charge is 0.271 e. The normalized spacial score (nSPS) is 14.6. The van der Waals surface area contributed by atoms with E-state index in [9.17, 15) is 4.79 Å². The summed E-state index contributed by atoms with van der Waals surface area (Å²) in [7, 11) is 4.00. The van der Waals surface area contributed by atoms with Crippen molar-refractivity contribution in [1.29, 1.82) is 0 Å². The lowest BCUT2D eigenvalue weighted by Gasteiger charge is -2.26. The minimum atomic E-state index is -0.211. The predicted molar refractivity (Wildman–Crippen MR) is 106 cm³/mol. The zero-order chi connectivity index (χ0) is 19.1. The van der Waals surface area contributed by atoms with Crippen LogP contribution in [0.25, 0.3) is 0 Å². The maximum absolute atomic E-state index is 12.2. The fourth-order valence-electron chi connectivity index (χ4n) is 2.74. The van der Waals surface area contributed by atoms with E-state index in [1.165, 1.54) is 6.20 Å². The molecule has 1 aromatic heterocycles. The SMILES string of the molecule is CN(C)c1ccc(Nc2cnc(C(=O)NCCN3CCOCC3)cn2)cc1. The van der Waals surface area contributed by atoms with Gasteiger partial charge in [-0.2, -0.15) is 0 Å². The molecule has 0 saturated carbocycles. The highest BCUT2D eigenvalue weighted by atomic mass is 16.5. The summed E-state index contributed by atoms with van der Waals surface area (Å²) in [5, 5.41) is 6.06. The van der Waals surface area contributed by atoms with E-state index in [4.69, 9.17) is 4.74 Å². The van der Waals surface area contributed by atoms with Crippen LogP contribution in [0.2, 0.25) is 0 Å². The number of carbonyl (C=O) groups excluding carboxylic acids is 1. The highest BCUT2D eigenvalue weighted by molar-refractivity contribution is 5.92. The average molecular weight is 370 g/mol. The fraction of sp³-hybridized carbons (Fsp3) is 0.421.